The first-order chi connectivity index (χ1) is 17.4. The van der Waals surface area contributed by atoms with Crippen molar-refractivity contribution in [3.05, 3.63) is 71.4 Å². The predicted molar refractivity (Wildman–Crippen MR) is 140 cm³/mol. The molecular formula is C29H36F3N3O2. The van der Waals surface area contributed by atoms with E-state index in [0.717, 1.165) is 28.6 Å². The van der Waals surface area contributed by atoms with Crippen LogP contribution in [0.1, 0.15) is 50.8 Å². The molecule has 5 nitrogen and oxygen atoms in total. The first-order valence-electron chi connectivity index (χ1n) is 12.7. The quantitative estimate of drug-likeness (QED) is 0.326. The summed E-state index contributed by atoms with van der Waals surface area (Å²) >= 11 is 0. The van der Waals surface area contributed by atoms with Gasteiger partial charge in [-0.25, -0.2) is 0 Å². The molecule has 0 unspecified atom stereocenters. The summed E-state index contributed by atoms with van der Waals surface area (Å²) in [6, 6.07) is 12.8. The predicted octanol–water partition coefficient (Wildman–Crippen LogP) is 6.29. The average Bonchev–Trinajstić information content (AvgIpc) is 3.23. The van der Waals surface area contributed by atoms with Crippen LogP contribution in [0.4, 0.5) is 13.2 Å². The number of hydrogen-bond acceptors (Lipinski definition) is 2. The fourth-order valence-corrected chi connectivity index (χ4v) is 4.34. The van der Waals surface area contributed by atoms with Crippen molar-refractivity contribution >= 4 is 22.7 Å². The number of aromatic amines is 1. The molecule has 0 aliphatic heterocycles. The Morgan fingerprint density at radius 2 is 1.57 bits per heavy atom. The normalized spacial score (nSPS) is 11.9. The molecule has 1 N–H and O–H groups in total. The van der Waals surface area contributed by atoms with Crippen molar-refractivity contribution in [2.45, 2.75) is 53.3 Å². The summed E-state index contributed by atoms with van der Waals surface area (Å²) in [5, 5.41) is 1.07. The van der Waals surface area contributed by atoms with Crippen molar-refractivity contribution in [3.8, 4) is 0 Å². The lowest BCUT2D eigenvalue weighted by atomic mass is 10.1. The second kappa shape index (κ2) is 12.3. The Bertz CT molecular complexity index is 1180. The number of amides is 2. The van der Waals surface area contributed by atoms with Gasteiger partial charge in [-0.15, -0.1) is 0 Å². The van der Waals surface area contributed by atoms with Gasteiger partial charge in [0, 0.05) is 43.2 Å². The van der Waals surface area contributed by atoms with Crippen LogP contribution < -0.4 is 0 Å². The molecule has 0 radical (unpaired) electrons. The largest absolute Gasteiger partial charge is 0.416 e. The summed E-state index contributed by atoms with van der Waals surface area (Å²) in [4.78, 5) is 32.9. The molecule has 8 heteroatoms. The van der Waals surface area contributed by atoms with Gasteiger partial charge in [-0.05, 0) is 47.6 Å². The number of rotatable bonds is 11. The lowest BCUT2D eigenvalue weighted by molar-refractivity contribution is -0.141. The fraction of sp³-hybridized carbons (Fsp3) is 0.448. The molecule has 0 saturated heterocycles. The zero-order valence-corrected chi connectivity index (χ0v) is 21.9. The lowest BCUT2D eigenvalue weighted by Gasteiger charge is -2.29. The number of benzene rings is 2. The summed E-state index contributed by atoms with van der Waals surface area (Å²) in [6.07, 6.45) is -1.57. The highest BCUT2D eigenvalue weighted by atomic mass is 19.4. The Hall–Kier alpha value is -3.29. The fourth-order valence-electron chi connectivity index (χ4n) is 4.34. The Morgan fingerprint density at radius 3 is 2.19 bits per heavy atom. The van der Waals surface area contributed by atoms with E-state index in [2.05, 4.69) is 4.98 Å². The number of nitrogens with one attached hydrogen (secondary N) is 1. The van der Waals surface area contributed by atoms with Crippen LogP contribution in [0, 0.1) is 11.8 Å². The summed E-state index contributed by atoms with van der Waals surface area (Å²) < 4.78 is 39.1. The Balaban J connectivity index is 1.81. The topological polar surface area (TPSA) is 56.4 Å². The maximum atomic E-state index is 13.5. The number of hydrogen-bond donors (Lipinski definition) is 1. The van der Waals surface area contributed by atoms with Crippen LogP contribution in [0.2, 0.25) is 0 Å². The highest BCUT2D eigenvalue weighted by Gasteiger charge is 2.30. The van der Waals surface area contributed by atoms with Crippen LogP contribution in [0.3, 0.4) is 0 Å². The molecule has 2 aromatic carbocycles. The first-order valence-corrected chi connectivity index (χ1v) is 12.7. The highest BCUT2D eigenvalue weighted by Crippen LogP contribution is 2.29. The van der Waals surface area contributed by atoms with E-state index in [0.29, 0.717) is 31.5 Å². The molecule has 3 rings (SSSR count). The van der Waals surface area contributed by atoms with E-state index in [9.17, 15) is 22.8 Å². The van der Waals surface area contributed by atoms with Crippen molar-refractivity contribution in [1.82, 2.24) is 14.8 Å². The Labute approximate surface area is 216 Å². The minimum atomic E-state index is -4.42. The number of alkyl halides is 3. The van der Waals surface area contributed by atoms with Crippen LogP contribution in [-0.4, -0.2) is 46.2 Å². The van der Waals surface area contributed by atoms with E-state index in [1.54, 1.807) is 9.80 Å². The third-order valence-electron chi connectivity index (χ3n) is 6.18. The van der Waals surface area contributed by atoms with Gasteiger partial charge >= 0.3 is 6.18 Å². The highest BCUT2D eigenvalue weighted by molar-refractivity contribution is 5.85. The molecule has 0 aliphatic carbocycles. The number of carbonyl (C=O) groups excluding carboxylic acids is 2. The summed E-state index contributed by atoms with van der Waals surface area (Å²) in [5.74, 6) is 0.0709. The van der Waals surface area contributed by atoms with Gasteiger partial charge in [0.25, 0.3) is 0 Å². The van der Waals surface area contributed by atoms with E-state index in [4.69, 9.17) is 0 Å². The van der Waals surface area contributed by atoms with Crippen LogP contribution >= 0.6 is 0 Å². The molecule has 0 saturated carbocycles. The van der Waals surface area contributed by atoms with E-state index >= 15 is 0 Å². The second-order valence-electron chi connectivity index (χ2n) is 10.4. The first kappa shape index (κ1) is 28.3. The Morgan fingerprint density at radius 1 is 0.892 bits per heavy atom. The van der Waals surface area contributed by atoms with Crippen LogP contribution in [0.15, 0.2) is 54.7 Å². The van der Waals surface area contributed by atoms with E-state index < -0.39 is 11.7 Å². The molecule has 1 aromatic heterocycles. The van der Waals surface area contributed by atoms with Gasteiger partial charge in [0.05, 0.1) is 12.1 Å². The number of halogens is 3. The van der Waals surface area contributed by atoms with Crippen LogP contribution in [-0.2, 0) is 28.7 Å². The summed E-state index contributed by atoms with van der Waals surface area (Å²) in [5.41, 5.74) is 1.93. The van der Waals surface area contributed by atoms with Crippen molar-refractivity contribution < 1.29 is 22.8 Å². The standard InChI is InChI=1S/C29H36F3N3O2/c1-20(2)15-27(36)35(17-21(3)4)19-28(37)34(18-22-9-11-24(12-10-22)29(30,31)32)14-13-23-16-33-26-8-6-5-7-25(23)26/h5-12,16,20-21,33H,13-15,17-19H2,1-4H3. The monoisotopic (exact) mass is 515 g/mol. The average molecular weight is 516 g/mol. The van der Waals surface area contributed by atoms with Gasteiger partial charge in [-0.1, -0.05) is 58.0 Å². The van der Waals surface area contributed by atoms with Crippen LogP contribution in [0.25, 0.3) is 10.9 Å². The maximum absolute atomic E-state index is 13.5. The van der Waals surface area contributed by atoms with Gasteiger partial charge in [-0.2, -0.15) is 13.2 Å². The van der Waals surface area contributed by atoms with Gasteiger partial charge < -0.3 is 14.8 Å². The maximum Gasteiger partial charge on any atom is 0.416 e. The van der Waals surface area contributed by atoms with E-state index in [1.807, 2.05) is 58.2 Å². The zero-order valence-electron chi connectivity index (χ0n) is 21.9. The molecule has 3 aromatic rings. The molecule has 200 valence electrons. The third-order valence-corrected chi connectivity index (χ3v) is 6.18. The number of nitrogens with zero attached hydrogens (tertiary/aromatic N) is 2. The number of para-hydroxylation sites is 1. The van der Waals surface area contributed by atoms with Crippen molar-refractivity contribution in [3.63, 3.8) is 0 Å². The Kier molecular flexibility index (Phi) is 9.40. The molecule has 2 amide bonds. The number of fused-ring (bicyclic) bond motifs is 1. The molecule has 37 heavy (non-hydrogen) atoms. The molecule has 0 spiro atoms. The SMILES string of the molecule is CC(C)CC(=O)N(CC(=O)N(CCc1c[nH]c2ccccc12)Cc1ccc(C(F)(F)F)cc1)CC(C)C. The lowest BCUT2D eigenvalue weighted by Crippen LogP contribution is -2.44. The van der Waals surface area contributed by atoms with Crippen LogP contribution in [0.5, 0.6) is 0 Å². The summed E-state index contributed by atoms with van der Waals surface area (Å²) in [7, 11) is 0. The van der Waals surface area contributed by atoms with Crippen molar-refractivity contribution in [2.75, 3.05) is 19.6 Å². The van der Waals surface area contributed by atoms with Gasteiger partial charge in [0.2, 0.25) is 11.8 Å². The number of H-pyrrole nitrogens is 1. The zero-order chi connectivity index (χ0) is 27.2. The molecule has 0 fully saturated rings. The van der Waals surface area contributed by atoms with Gasteiger partial charge in [0.1, 0.15) is 0 Å². The molecule has 0 bridgehead atoms. The molecular weight excluding hydrogens is 479 g/mol. The smallest absolute Gasteiger partial charge is 0.361 e. The van der Waals surface area contributed by atoms with Crippen molar-refractivity contribution in [2.24, 2.45) is 11.8 Å². The second-order valence-corrected chi connectivity index (χ2v) is 10.4. The number of carbonyl (C=O) groups is 2. The minimum absolute atomic E-state index is 0.0573. The third kappa shape index (κ3) is 8.10. The van der Waals surface area contributed by atoms with Gasteiger partial charge in [-0.3, -0.25) is 9.59 Å². The number of aromatic nitrogens is 1. The van der Waals surface area contributed by atoms with Gasteiger partial charge in [0.15, 0.2) is 0 Å². The minimum Gasteiger partial charge on any atom is -0.361 e. The van der Waals surface area contributed by atoms with E-state index in [-0.39, 0.29) is 36.7 Å². The van der Waals surface area contributed by atoms with Crippen molar-refractivity contribution in [1.29, 1.82) is 0 Å². The van der Waals surface area contributed by atoms with E-state index in [1.165, 1.54) is 12.1 Å². The summed E-state index contributed by atoms with van der Waals surface area (Å²) in [6.45, 7) is 8.86. The molecule has 0 atom stereocenters. The molecule has 0 aliphatic rings. The molecule has 1 heterocycles.